The zero-order valence-electron chi connectivity index (χ0n) is 13.2. The van der Waals surface area contributed by atoms with Crippen molar-refractivity contribution in [2.75, 3.05) is 46.5 Å². The molecule has 122 valence electrons. The number of pyridine rings is 1. The quantitative estimate of drug-likeness (QED) is 0.901. The molecular weight excluding hydrogens is 294 g/mol. The van der Waals surface area contributed by atoms with Gasteiger partial charge in [0.15, 0.2) is 0 Å². The summed E-state index contributed by atoms with van der Waals surface area (Å²) >= 11 is 0. The summed E-state index contributed by atoms with van der Waals surface area (Å²) in [6.45, 7) is 4.76. The van der Waals surface area contributed by atoms with E-state index in [0.29, 0.717) is 18.0 Å². The summed E-state index contributed by atoms with van der Waals surface area (Å²) in [6.07, 6.45) is 0. The number of nitrogens with zero attached hydrogens (tertiary/aromatic N) is 2. The molecule has 6 heteroatoms. The molecule has 0 aliphatic carbocycles. The number of hydrogen-bond donors (Lipinski definition) is 1. The molecular formula is C17H21N3O3. The van der Waals surface area contributed by atoms with Crippen LogP contribution in [0.25, 0.3) is 10.9 Å². The van der Waals surface area contributed by atoms with Gasteiger partial charge in [0.1, 0.15) is 11.4 Å². The van der Waals surface area contributed by atoms with Gasteiger partial charge < -0.3 is 14.8 Å². The zero-order chi connectivity index (χ0) is 16.1. The largest absolute Gasteiger partial charge is 0.496 e. The van der Waals surface area contributed by atoms with Gasteiger partial charge in [-0.15, -0.1) is 0 Å². The number of hydrogen-bond acceptors (Lipinski definition) is 5. The van der Waals surface area contributed by atoms with E-state index in [0.717, 1.165) is 43.8 Å². The Morgan fingerprint density at radius 2 is 2.13 bits per heavy atom. The van der Waals surface area contributed by atoms with Gasteiger partial charge in [-0.2, -0.15) is 0 Å². The molecule has 1 aliphatic rings. The number of morpholine rings is 1. The Labute approximate surface area is 135 Å². The van der Waals surface area contributed by atoms with Crippen LogP contribution >= 0.6 is 0 Å². The van der Waals surface area contributed by atoms with Crippen LogP contribution in [0.2, 0.25) is 0 Å². The number of nitrogens with one attached hydrogen (secondary N) is 1. The number of para-hydroxylation sites is 1. The lowest BCUT2D eigenvalue weighted by molar-refractivity contribution is 0.0383. The van der Waals surface area contributed by atoms with Gasteiger partial charge in [-0.1, -0.05) is 12.1 Å². The molecule has 3 rings (SSSR count). The van der Waals surface area contributed by atoms with Gasteiger partial charge in [-0.25, -0.2) is 4.98 Å². The molecule has 0 radical (unpaired) electrons. The number of ether oxygens (including phenoxy) is 2. The minimum Gasteiger partial charge on any atom is -0.496 e. The Morgan fingerprint density at radius 1 is 1.35 bits per heavy atom. The maximum atomic E-state index is 12.3. The lowest BCUT2D eigenvalue weighted by atomic mass is 10.1. The third-order valence-corrected chi connectivity index (χ3v) is 3.95. The van der Waals surface area contributed by atoms with Crippen molar-refractivity contribution in [1.82, 2.24) is 15.2 Å². The summed E-state index contributed by atoms with van der Waals surface area (Å²) in [4.78, 5) is 19.0. The summed E-state index contributed by atoms with van der Waals surface area (Å²) in [7, 11) is 1.60. The van der Waals surface area contributed by atoms with E-state index in [1.54, 1.807) is 13.2 Å². The molecule has 1 amide bonds. The van der Waals surface area contributed by atoms with Crippen LogP contribution in [-0.4, -0.2) is 62.3 Å². The highest BCUT2D eigenvalue weighted by Gasteiger charge is 2.14. The highest BCUT2D eigenvalue weighted by Crippen LogP contribution is 2.24. The lowest BCUT2D eigenvalue weighted by Gasteiger charge is -2.26. The Kier molecular flexibility index (Phi) is 5.05. The van der Waals surface area contributed by atoms with Crippen LogP contribution in [0.5, 0.6) is 5.75 Å². The van der Waals surface area contributed by atoms with E-state index in [4.69, 9.17) is 9.47 Å². The van der Waals surface area contributed by atoms with Crippen molar-refractivity contribution in [1.29, 1.82) is 0 Å². The lowest BCUT2D eigenvalue weighted by Crippen LogP contribution is -2.41. The molecule has 0 atom stereocenters. The molecule has 0 saturated carbocycles. The fourth-order valence-electron chi connectivity index (χ4n) is 2.67. The number of rotatable bonds is 5. The second-order valence-corrected chi connectivity index (χ2v) is 5.44. The molecule has 6 nitrogen and oxygen atoms in total. The van der Waals surface area contributed by atoms with E-state index < -0.39 is 0 Å². The summed E-state index contributed by atoms with van der Waals surface area (Å²) < 4.78 is 10.7. The van der Waals surface area contributed by atoms with E-state index in [1.165, 1.54) is 0 Å². The van der Waals surface area contributed by atoms with Crippen LogP contribution in [0.1, 0.15) is 10.5 Å². The maximum Gasteiger partial charge on any atom is 0.270 e. The van der Waals surface area contributed by atoms with Crippen LogP contribution in [-0.2, 0) is 4.74 Å². The van der Waals surface area contributed by atoms with E-state index in [9.17, 15) is 4.79 Å². The summed E-state index contributed by atoms with van der Waals surface area (Å²) in [5.74, 6) is 0.483. The Bertz CT molecular complexity index is 684. The van der Waals surface area contributed by atoms with E-state index in [2.05, 4.69) is 15.2 Å². The van der Waals surface area contributed by atoms with Gasteiger partial charge in [0.2, 0.25) is 0 Å². The molecule has 1 aromatic carbocycles. The number of amides is 1. The van der Waals surface area contributed by atoms with Crippen molar-refractivity contribution in [2.24, 2.45) is 0 Å². The molecule has 2 aromatic rings. The normalized spacial score (nSPS) is 15.5. The molecule has 0 unspecified atom stereocenters. The maximum absolute atomic E-state index is 12.3. The van der Waals surface area contributed by atoms with Crippen molar-refractivity contribution in [2.45, 2.75) is 0 Å². The van der Waals surface area contributed by atoms with Gasteiger partial charge in [0, 0.05) is 37.6 Å². The Morgan fingerprint density at radius 3 is 2.91 bits per heavy atom. The highest BCUT2D eigenvalue weighted by atomic mass is 16.5. The van der Waals surface area contributed by atoms with Gasteiger partial charge in [0.25, 0.3) is 5.91 Å². The standard InChI is InChI=1S/C17H21N3O3/c1-22-16-12-15(19-14-5-3-2-4-13(14)16)17(21)18-6-7-20-8-10-23-11-9-20/h2-5,12H,6-11H2,1H3,(H,18,21). The minimum atomic E-state index is -0.178. The average molecular weight is 315 g/mol. The first-order valence-electron chi connectivity index (χ1n) is 7.80. The summed E-state index contributed by atoms with van der Waals surface area (Å²) in [6, 6.07) is 9.32. The molecule has 1 aromatic heterocycles. The predicted molar refractivity (Wildman–Crippen MR) is 87.9 cm³/mol. The van der Waals surface area contributed by atoms with E-state index >= 15 is 0 Å². The number of carbonyl (C=O) groups is 1. The first-order valence-corrected chi connectivity index (χ1v) is 7.80. The number of fused-ring (bicyclic) bond motifs is 1. The van der Waals surface area contributed by atoms with Gasteiger partial charge >= 0.3 is 0 Å². The molecule has 1 fully saturated rings. The molecule has 23 heavy (non-hydrogen) atoms. The highest BCUT2D eigenvalue weighted by molar-refractivity contribution is 5.97. The molecule has 1 N–H and O–H groups in total. The first kappa shape index (κ1) is 15.7. The molecule has 1 saturated heterocycles. The Hall–Kier alpha value is -2.18. The third kappa shape index (κ3) is 3.78. The average Bonchev–Trinajstić information content (AvgIpc) is 2.61. The topological polar surface area (TPSA) is 63.7 Å². The second-order valence-electron chi connectivity index (χ2n) is 5.44. The van der Waals surface area contributed by atoms with Crippen molar-refractivity contribution in [3.8, 4) is 5.75 Å². The monoisotopic (exact) mass is 315 g/mol. The van der Waals surface area contributed by atoms with Crippen molar-refractivity contribution in [3.63, 3.8) is 0 Å². The van der Waals surface area contributed by atoms with Crippen LogP contribution in [0.15, 0.2) is 30.3 Å². The van der Waals surface area contributed by atoms with Gasteiger partial charge in [0.05, 0.1) is 25.8 Å². The summed E-state index contributed by atoms with van der Waals surface area (Å²) in [5.41, 5.74) is 1.13. The zero-order valence-corrected chi connectivity index (χ0v) is 13.2. The fraction of sp³-hybridized carbons (Fsp3) is 0.412. The SMILES string of the molecule is COc1cc(C(=O)NCCN2CCOCC2)nc2ccccc12. The number of aromatic nitrogens is 1. The molecule has 0 spiro atoms. The molecule has 2 heterocycles. The van der Waals surface area contributed by atoms with Gasteiger partial charge in [-0.05, 0) is 12.1 Å². The van der Waals surface area contributed by atoms with Crippen LogP contribution < -0.4 is 10.1 Å². The second kappa shape index (κ2) is 7.39. The smallest absolute Gasteiger partial charge is 0.270 e. The van der Waals surface area contributed by atoms with Crippen LogP contribution in [0.4, 0.5) is 0 Å². The van der Waals surface area contributed by atoms with E-state index in [1.807, 2.05) is 24.3 Å². The van der Waals surface area contributed by atoms with Crippen LogP contribution in [0, 0.1) is 0 Å². The molecule has 1 aliphatic heterocycles. The third-order valence-electron chi connectivity index (χ3n) is 3.95. The Balaban J connectivity index is 1.65. The van der Waals surface area contributed by atoms with Crippen LogP contribution in [0.3, 0.4) is 0 Å². The fourth-order valence-corrected chi connectivity index (χ4v) is 2.67. The first-order chi connectivity index (χ1) is 11.3. The number of benzene rings is 1. The van der Waals surface area contributed by atoms with E-state index in [-0.39, 0.29) is 5.91 Å². The summed E-state index contributed by atoms with van der Waals surface area (Å²) in [5, 5.41) is 3.83. The minimum absolute atomic E-state index is 0.178. The predicted octanol–water partition coefficient (Wildman–Crippen LogP) is 1.31. The van der Waals surface area contributed by atoms with Gasteiger partial charge in [-0.3, -0.25) is 9.69 Å². The number of methoxy groups -OCH3 is 1. The van der Waals surface area contributed by atoms with Crippen molar-refractivity contribution in [3.05, 3.63) is 36.0 Å². The number of carbonyl (C=O) groups excluding carboxylic acids is 1. The molecule has 0 bridgehead atoms. The van der Waals surface area contributed by atoms with Crippen molar-refractivity contribution < 1.29 is 14.3 Å². The van der Waals surface area contributed by atoms with Crippen molar-refractivity contribution >= 4 is 16.8 Å².